The van der Waals surface area contributed by atoms with Gasteiger partial charge in [0, 0.05) is 16.8 Å². The molecular weight excluding hydrogens is 366 g/mol. The second kappa shape index (κ2) is 7.64. The minimum atomic E-state index is -0.763. The van der Waals surface area contributed by atoms with Gasteiger partial charge in [0.2, 0.25) is 5.91 Å². The molecule has 0 aliphatic carbocycles. The lowest BCUT2D eigenvalue weighted by Crippen LogP contribution is -2.39. The minimum absolute atomic E-state index is 0.164. The number of benzene rings is 1. The van der Waals surface area contributed by atoms with Crippen LogP contribution in [0.15, 0.2) is 53.1 Å². The second-order valence-electron chi connectivity index (χ2n) is 6.45. The monoisotopic (exact) mass is 383 g/mol. The van der Waals surface area contributed by atoms with E-state index in [1.54, 1.807) is 20.0 Å². The Morgan fingerprint density at radius 2 is 2.11 bits per heavy atom. The molecule has 3 N–H and O–H groups in total. The first kappa shape index (κ1) is 19.3. The van der Waals surface area contributed by atoms with Crippen LogP contribution >= 0.6 is 0 Å². The molecule has 0 fully saturated rings. The maximum absolute atomic E-state index is 14.8. The highest BCUT2D eigenvalue weighted by Crippen LogP contribution is 2.34. The summed E-state index contributed by atoms with van der Waals surface area (Å²) in [5.74, 6) is -2.71. The van der Waals surface area contributed by atoms with Crippen LogP contribution < -0.4 is 16.0 Å². The normalized spacial score (nSPS) is 17.5. The van der Waals surface area contributed by atoms with Gasteiger partial charge in [0.1, 0.15) is 17.7 Å². The average molecular weight is 383 g/mol. The SMILES string of the molecule is CC1=C2[C](C=CN1)NC(=O)C(CC(=O)N[C@H](C)c1ccc(C#N)cc1F)=C2F. The van der Waals surface area contributed by atoms with Gasteiger partial charge >= 0.3 is 0 Å². The third kappa shape index (κ3) is 3.64. The summed E-state index contributed by atoms with van der Waals surface area (Å²) in [5, 5.41) is 16.8. The predicted molar refractivity (Wildman–Crippen MR) is 96.8 cm³/mol. The van der Waals surface area contributed by atoms with Gasteiger partial charge in [-0.05, 0) is 38.3 Å². The van der Waals surface area contributed by atoms with Crippen molar-refractivity contribution in [2.45, 2.75) is 26.3 Å². The molecule has 0 unspecified atom stereocenters. The van der Waals surface area contributed by atoms with Crippen LogP contribution in [0.25, 0.3) is 0 Å². The third-order valence-electron chi connectivity index (χ3n) is 4.51. The molecule has 0 saturated carbocycles. The van der Waals surface area contributed by atoms with E-state index >= 15 is 0 Å². The zero-order valence-corrected chi connectivity index (χ0v) is 15.2. The molecular formula is C20H17F2N4O2. The Bertz CT molecular complexity index is 988. The van der Waals surface area contributed by atoms with Gasteiger partial charge in [0.15, 0.2) is 0 Å². The molecule has 2 amide bonds. The quantitative estimate of drug-likeness (QED) is 0.745. The highest BCUT2D eigenvalue weighted by Gasteiger charge is 2.35. The average Bonchev–Trinajstić information content (AvgIpc) is 2.64. The number of amides is 2. The van der Waals surface area contributed by atoms with Crippen molar-refractivity contribution in [1.29, 1.82) is 5.26 Å². The van der Waals surface area contributed by atoms with Crippen LogP contribution in [0.3, 0.4) is 0 Å². The largest absolute Gasteiger partial charge is 0.365 e. The Morgan fingerprint density at radius 3 is 2.79 bits per heavy atom. The number of halogens is 2. The lowest BCUT2D eigenvalue weighted by Gasteiger charge is -2.28. The molecule has 0 bridgehead atoms. The van der Waals surface area contributed by atoms with Crippen molar-refractivity contribution in [1.82, 2.24) is 16.0 Å². The van der Waals surface area contributed by atoms with Gasteiger partial charge in [-0.2, -0.15) is 5.26 Å². The van der Waals surface area contributed by atoms with Gasteiger partial charge in [-0.3, -0.25) is 9.59 Å². The fourth-order valence-electron chi connectivity index (χ4n) is 3.08. The summed E-state index contributed by atoms with van der Waals surface area (Å²) < 4.78 is 28.9. The number of carbonyl (C=O) groups excluding carboxylic acids is 2. The van der Waals surface area contributed by atoms with Gasteiger partial charge < -0.3 is 16.0 Å². The first-order chi connectivity index (χ1) is 13.3. The van der Waals surface area contributed by atoms with E-state index in [1.807, 2.05) is 6.07 Å². The minimum Gasteiger partial charge on any atom is -0.365 e. The Labute approximate surface area is 160 Å². The van der Waals surface area contributed by atoms with Crippen LogP contribution in [0.4, 0.5) is 8.78 Å². The number of carbonyl (C=O) groups is 2. The van der Waals surface area contributed by atoms with E-state index in [0.717, 1.165) is 6.07 Å². The van der Waals surface area contributed by atoms with Gasteiger partial charge in [0.05, 0.1) is 29.7 Å². The first-order valence-corrected chi connectivity index (χ1v) is 8.52. The molecule has 1 radical (unpaired) electrons. The smallest absolute Gasteiger partial charge is 0.251 e. The molecule has 1 atom stereocenters. The number of nitrogens with zero attached hydrogens (tertiary/aromatic N) is 1. The summed E-state index contributed by atoms with van der Waals surface area (Å²) in [6.07, 6.45) is 2.62. The summed E-state index contributed by atoms with van der Waals surface area (Å²) in [6.45, 7) is 3.21. The highest BCUT2D eigenvalue weighted by molar-refractivity contribution is 6.02. The Morgan fingerprint density at radius 1 is 1.36 bits per heavy atom. The molecule has 0 spiro atoms. The number of hydrogen-bond acceptors (Lipinski definition) is 4. The summed E-state index contributed by atoms with van der Waals surface area (Å²) in [7, 11) is 0. The molecule has 3 rings (SSSR count). The van der Waals surface area contributed by atoms with Gasteiger partial charge in [-0.1, -0.05) is 6.07 Å². The van der Waals surface area contributed by atoms with Gasteiger partial charge in [-0.15, -0.1) is 0 Å². The molecule has 143 valence electrons. The third-order valence-corrected chi connectivity index (χ3v) is 4.51. The Hall–Kier alpha value is -3.47. The lowest BCUT2D eigenvalue weighted by atomic mass is 9.92. The lowest BCUT2D eigenvalue weighted by molar-refractivity contribution is -0.123. The zero-order chi connectivity index (χ0) is 20.4. The number of dihydropyridines is 1. The number of allylic oxidation sites excluding steroid dienone is 1. The topological polar surface area (TPSA) is 94.0 Å². The Balaban J connectivity index is 1.76. The van der Waals surface area contributed by atoms with E-state index < -0.39 is 35.9 Å². The van der Waals surface area contributed by atoms with Crippen LogP contribution in [0, 0.1) is 23.2 Å². The number of hydrogen-bond donors (Lipinski definition) is 3. The van der Waals surface area contributed by atoms with Crippen LogP contribution in [0.5, 0.6) is 0 Å². The number of rotatable bonds is 4. The first-order valence-electron chi connectivity index (χ1n) is 8.52. The second-order valence-corrected chi connectivity index (χ2v) is 6.45. The molecule has 2 heterocycles. The summed E-state index contributed by atoms with van der Waals surface area (Å²) in [5.41, 5.74) is 0.777. The van der Waals surface area contributed by atoms with Crippen LogP contribution in [0.2, 0.25) is 0 Å². The Kier molecular flexibility index (Phi) is 5.27. The maximum atomic E-state index is 14.8. The molecule has 6 nitrogen and oxygen atoms in total. The maximum Gasteiger partial charge on any atom is 0.251 e. The van der Waals surface area contributed by atoms with Gasteiger partial charge in [-0.25, -0.2) is 8.78 Å². The molecule has 0 saturated heterocycles. The molecule has 1 aromatic carbocycles. The fourth-order valence-corrected chi connectivity index (χ4v) is 3.08. The number of fused-ring (bicyclic) bond motifs is 1. The van der Waals surface area contributed by atoms with Crippen molar-refractivity contribution in [3.05, 3.63) is 76.1 Å². The summed E-state index contributed by atoms with van der Waals surface area (Å²) in [4.78, 5) is 24.5. The summed E-state index contributed by atoms with van der Waals surface area (Å²) in [6, 6.07) is 5.35. The van der Waals surface area contributed by atoms with E-state index in [9.17, 15) is 18.4 Å². The number of nitrogens with one attached hydrogen (secondary N) is 3. The standard InChI is InChI=1S/C20H17F2N4O2/c1-10(13-4-3-12(9-23)7-15(13)21)25-17(27)8-14-19(22)18-11(2)24-6-5-16(18)26-20(14)28/h3-7,10,24H,8H2,1-2H3,(H,25,27)(H,26,28)/t10-/m1/s1. The molecule has 2 aliphatic heterocycles. The molecule has 0 aromatic heterocycles. The molecule has 28 heavy (non-hydrogen) atoms. The predicted octanol–water partition coefficient (Wildman–Crippen LogP) is 2.54. The van der Waals surface area contributed by atoms with Crippen molar-refractivity contribution in [3.63, 3.8) is 0 Å². The van der Waals surface area contributed by atoms with Crippen molar-refractivity contribution < 1.29 is 18.4 Å². The highest BCUT2D eigenvalue weighted by atomic mass is 19.1. The fraction of sp³-hybridized carbons (Fsp3) is 0.200. The number of nitriles is 1. The van der Waals surface area contributed by atoms with Gasteiger partial charge in [0.25, 0.3) is 5.91 Å². The van der Waals surface area contributed by atoms with E-state index in [0.29, 0.717) is 11.7 Å². The zero-order valence-electron chi connectivity index (χ0n) is 15.2. The van der Waals surface area contributed by atoms with E-state index in [4.69, 9.17) is 5.26 Å². The van der Waals surface area contributed by atoms with Crippen molar-refractivity contribution in [3.8, 4) is 6.07 Å². The molecule has 8 heteroatoms. The van der Waals surface area contributed by atoms with Crippen molar-refractivity contribution >= 4 is 11.8 Å². The van der Waals surface area contributed by atoms with E-state index in [-0.39, 0.29) is 22.3 Å². The van der Waals surface area contributed by atoms with Crippen LogP contribution in [-0.2, 0) is 9.59 Å². The van der Waals surface area contributed by atoms with Crippen molar-refractivity contribution in [2.24, 2.45) is 0 Å². The molecule has 1 aromatic rings. The summed E-state index contributed by atoms with van der Waals surface area (Å²) >= 11 is 0. The van der Waals surface area contributed by atoms with Crippen LogP contribution in [0.1, 0.15) is 37.4 Å². The van der Waals surface area contributed by atoms with E-state index in [1.165, 1.54) is 18.2 Å². The van der Waals surface area contributed by atoms with E-state index in [2.05, 4.69) is 16.0 Å². The van der Waals surface area contributed by atoms with Crippen molar-refractivity contribution in [2.75, 3.05) is 0 Å². The van der Waals surface area contributed by atoms with Crippen LogP contribution in [-0.4, -0.2) is 11.8 Å². The molecule has 2 aliphatic rings.